The lowest BCUT2D eigenvalue weighted by atomic mass is 9.98. The molecule has 1 aromatic rings. The van der Waals surface area contributed by atoms with E-state index in [1.807, 2.05) is 0 Å². The number of rotatable bonds is 3. The van der Waals surface area contributed by atoms with Crippen molar-refractivity contribution in [1.82, 2.24) is 5.32 Å². The Morgan fingerprint density at radius 1 is 1.47 bits per heavy atom. The van der Waals surface area contributed by atoms with Crippen LogP contribution in [0.3, 0.4) is 0 Å². The summed E-state index contributed by atoms with van der Waals surface area (Å²) in [7, 11) is 0. The van der Waals surface area contributed by atoms with Crippen molar-refractivity contribution in [3.05, 3.63) is 28.2 Å². The van der Waals surface area contributed by atoms with Crippen LogP contribution in [0.5, 0.6) is 0 Å². The molecule has 0 saturated heterocycles. The lowest BCUT2D eigenvalue weighted by molar-refractivity contribution is 0.0903. The summed E-state index contributed by atoms with van der Waals surface area (Å²) in [5, 5.41) is 3.08. The van der Waals surface area contributed by atoms with E-state index in [2.05, 4.69) is 35.1 Å². The Balaban J connectivity index is 2.11. The van der Waals surface area contributed by atoms with Crippen molar-refractivity contribution < 1.29 is 4.79 Å². The summed E-state index contributed by atoms with van der Waals surface area (Å²) in [5.41, 5.74) is 6.86. The molecule has 92 valence electrons. The molecule has 0 heterocycles. The second-order valence-corrected chi connectivity index (χ2v) is 6.04. The standard InChI is InChI=1S/C13H17BrN2O/c1-13(2,9-4-5-9)16-12(17)8-3-6-11(15)10(14)7-8/h3,6-7,9H,4-5,15H2,1-2H3,(H,16,17). The van der Waals surface area contributed by atoms with Gasteiger partial charge >= 0.3 is 0 Å². The van der Waals surface area contributed by atoms with Crippen molar-refractivity contribution in [3.8, 4) is 0 Å². The lowest BCUT2D eigenvalue weighted by Crippen LogP contribution is -2.45. The van der Waals surface area contributed by atoms with Crippen LogP contribution in [0.4, 0.5) is 5.69 Å². The minimum Gasteiger partial charge on any atom is -0.398 e. The van der Waals surface area contributed by atoms with Crippen LogP contribution in [0.2, 0.25) is 0 Å². The Kier molecular flexibility index (Phi) is 3.17. The average Bonchev–Trinajstić information content (AvgIpc) is 3.04. The van der Waals surface area contributed by atoms with Gasteiger partial charge in [-0.05, 0) is 66.7 Å². The van der Waals surface area contributed by atoms with Gasteiger partial charge in [0.25, 0.3) is 5.91 Å². The maximum Gasteiger partial charge on any atom is 0.251 e. The molecule has 3 N–H and O–H groups in total. The fourth-order valence-corrected chi connectivity index (χ4v) is 2.32. The van der Waals surface area contributed by atoms with Crippen LogP contribution < -0.4 is 11.1 Å². The summed E-state index contributed by atoms with van der Waals surface area (Å²) in [5.74, 6) is 0.575. The molecule has 0 atom stereocenters. The molecule has 1 aliphatic carbocycles. The van der Waals surface area contributed by atoms with E-state index in [1.165, 1.54) is 12.8 Å². The van der Waals surface area contributed by atoms with Gasteiger partial charge in [-0.25, -0.2) is 0 Å². The van der Waals surface area contributed by atoms with Crippen LogP contribution in [0.15, 0.2) is 22.7 Å². The average molecular weight is 297 g/mol. The molecule has 4 heteroatoms. The van der Waals surface area contributed by atoms with E-state index in [-0.39, 0.29) is 11.4 Å². The lowest BCUT2D eigenvalue weighted by Gasteiger charge is -2.26. The van der Waals surface area contributed by atoms with E-state index in [0.29, 0.717) is 17.2 Å². The van der Waals surface area contributed by atoms with Gasteiger partial charge in [0.1, 0.15) is 0 Å². The molecule has 0 aliphatic heterocycles. The number of hydrogen-bond donors (Lipinski definition) is 2. The zero-order valence-electron chi connectivity index (χ0n) is 10.1. The highest BCUT2D eigenvalue weighted by molar-refractivity contribution is 9.10. The first kappa shape index (κ1) is 12.4. The van der Waals surface area contributed by atoms with Crippen LogP contribution in [-0.2, 0) is 0 Å². The quantitative estimate of drug-likeness (QED) is 0.843. The number of nitrogens with one attached hydrogen (secondary N) is 1. The fourth-order valence-electron chi connectivity index (χ4n) is 1.94. The third-order valence-corrected chi connectivity index (χ3v) is 3.98. The summed E-state index contributed by atoms with van der Waals surface area (Å²) in [6.45, 7) is 4.16. The molecule has 0 bridgehead atoms. The predicted molar refractivity (Wildman–Crippen MR) is 72.8 cm³/mol. The molecule has 1 fully saturated rings. The molecule has 1 aromatic carbocycles. The summed E-state index contributed by atoms with van der Waals surface area (Å²) in [4.78, 5) is 12.1. The number of carbonyl (C=O) groups is 1. The molecule has 0 aromatic heterocycles. The Morgan fingerprint density at radius 2 is 2.12 bits per heavy atom. The van der Waals surface area contributed by atoms with Gasteiger partial charge in [-0.2, -0.15) is 0 Å². The first-order valence-electron chi connectivity index (χ1n) is 5.77. The maximum absolute atomic E-state index is 12.1. The number of hydrogen-bond acceptors (Lipinski definition) is 2. The molecular weight excluding hydrogens is 280 g/mol. The predicted octanol–water partition coefficient (Wildman–Crippen LogP) is 2.95. The normalized spacial score (nSPS) is 15.7. The summed E-state index contributed by atoms with van der Waals surface area (Å²) < 4.78 is 0.759. The number of halogens is 1. The number of nitrogen functional groups attached to an aromatic ring is 1. The van der Waals surface area contributed by atoms with Crippen LogP contribution in [0, 0.1) is 5.92 Å². The van der Waals surface area contributed by atoms with Crippen molar-refractivity contribution in [3.63, 3.8) is 0 Å². The van der Waals surface area contributed by atoms with Gasteiger partial charge in [0.2, 0.25) is 0 Å². The second kappa shape index (κ2) is 4.33. The van der Waals surface area contributed by atoms with Crippen LogP contribution in [-0.4, -0.2) is 11.4 Å². The summed E-state index contributed by atoms with van der Waals surface area (Å²) in [6, 6.07) is 5.25. The van der Waals surface area contributed by atoms with E-state index >= 15 is 0 Å². The fraction of sp³-hybridized carbons (Fsp3) is 0.462. The Hall–Kier alpha value is -1.03. The van der Waals surface area contributed by atoms with Crippen molar-refractivity contribution in [2.75, 3.05) is 5.73 Å². The highest BCUT2D eigenvalue weighted by Gasteiger charge is 2.38. The van der Waals surface area contributed by atoms with Crippen molar-refractivity contribution in [2.45, 2.75) is 32.2 Å². The van der Waals surface area contributed by atoms with Gasteiger partial charge in [0.05, 0.1) is 0 Å². The minimum atomic E-state index is -0.120. The topological polar surface area (TPSA) is 55.1 Å². The molecule has 0 spiro atoms. The van der Waals surface area contributed by atoms with Gasteiger partial charge in [-0.1, -0.05) is 0 Å². The number of nitrogens with two attached hydrogens (primary N) is 1. The van der Waals surface area contributed by atoms with Gasteiger partial charge in [0, 0.05) is 21.3 Å². The van der Waals surface area contributed by atoms with Gasteiger partial charge < -0.3 is 11.1 Å². The highest BCUT2D eigenvalue weighted by Crippen LogP contribution is 2.39. The highest BCUT2D eigenvalue weighted by atomic mass is 79.9. The first-order valence-corrected chi connectivity index (χ1v) is 6.57. The van der Waals surface area contributed by atoms with Gasteiger partial charge in [-0.3, -0.25) is 4.79 Å². The maximum atomic E-state index is 12.1. The van der Waals surface area contributed by atoms with Crippen molar-refractivity contribution >= 4 is 27.5 Å². The van der Waals surface area contributed by atoms with E-state index in [0.717, 1.165) is 4.47 Å². The van der Waals surface area contributed by atoms with Gasteiger partial charge in [-0.15, -0.1) is 0 Å². The van der Waals surface area contributed by atoms with E-state index in [1.54, 1.807) is 18.2 Å². The van der Waals surface area contributed by atoms with Crippen LogP contribution in [0.1, 0.15) is 37.0 Å². The molecule has 1 saturated carbocycles. The summed E-state index contributed by atoms with van der Waals surface area (Å²) in [6.07, 6.45) is 2.41. The third kappa shape index (κ3) is 2.80. The van der Waals surface area contributed by atoms with Gasteiger partial charge in [0.15, 0.2) is 0 Å². The smallest absolute Gasteiger partial charge is 0.251 e. The molecule has 0 radical (unpaired) electrons. The van der Waals surface area contributed by atoms with E-state index < -0.39 is 0 Å². The van der Waals surface area contributed by atoms with Crippen LogP contribution >= 0.6 is 15.9 Å². The number of anilines is 1. The molecule has 1 aliphatic rings. The monoisotopic (exact) mass is 296 g/mol. The molecule has 0 unspecified atom stereocenters. The summed E-state index contributed by atoms with van der Waals surface area (Å²) >= 11 is 3.33. The molecule has 17 heavy (non-hydrogen) atoms. The second-order valence-electron chi connectivity index (χ2n) is 5.19. The van der Waals surface area contributed by atoms with E-state index in [9.17, 15) is 4.79 Å². The largest absolute Gasteiger partial charge is 0.398 e. The van der Waals surface area contributed by atoms with Crippen LogP contribution in [0.25, 0.3) is 0 Å². The molecule has 3 nitrogen and oxygen atoms in total. The molecule has 1 amide bonds. The minimum absolute atomic E-state index is 0.0393. The Morgan fingerprint density at radius 3 is 2.65 bits per heavy atom. The van der Waals surface area contributed by atoms with Crippen molar-refractivity contribution in [2.24, 2.45) is 5.92 Å². The number of benzene rings is 1. The van der Waals surface area contributed by atoms with E-state index in [4.69, 9.17) is 5.73 Å². The SMILES string of the molecule is CC(C)(NC(=O)c1ccc(N)c(Br)c1)C1CC1. The zero-order chi connectivity index (χ0) is 12.6. The first-order chi connectivity index (χ1) is 7.90. The zero-order valence-corrected chi connectivity index (χ0v) is 11.7. The third-order valence-electron chi connectivity index (χ3n) is 3.30. The number of carbonyl (C=O) groups excluding carboxylic acids is 1. The molecular formula is C13H17BrN2O. The Labute approximate surface area is 110 Å². The number of amides is 1. The Bertz CT molecular complexity index is 453. The van der Waals surface area contributed by atoms with Crippen molar-refractivity contribution in [1.29, 1.82) is 0 Å². The molecule has 2 rings (SSSR count).